The minimum Gasteiger partial charge on any atom is -0.474 e. The van der Waals surface area contributed by atoms with Gasteiger partial charge in [-0.2, -0.15) is 23.5 Å². The van der Waals surface area contributed by atoms with Crippen molar-refractivity contribution in [2.75, 3.05) is 23.8 Å². The Bertz CT molecular complexity index is 204. The Morgan fingerprint density at radius 1 is 1.46 bits per heavy atom. The Balaban J connectivity index is 2.17. The zero-order chi connectivity index (χ0) is 9.68. The monoisotopic (exact) mass is 221 g/mol. The molecule has 13 heavy (non-hydrogen) atoms. The Morgan fingerprint density at radius 3 is 2.77 bits per heavy atom. The standard InChI is InChI=1S/C7H11NO3S2/c9-6(7(10)11)8-3-5-4-12-1-2-13-5/h5H,1-4H2,(H,8,9)(H,10,11). The maximum atomic E-state index is 10.7. The second kappa shape index (κ2) is 5.39. The highest BCUT2D eigenvalue weighted by molar-refractivity contribution is 8.06. The molecule has 1 amide bonds. The van der Waals surface area contributed by atoms with Crippen molar-refractivity contribution in [1.82, 2.24) is 5.32 Å². The van der Waals surface area contributed by atoms with Gasteiger partial charge in [-0.05, 0) is 0 Å². The third-order valence-corrected chi connectivity index (χ3v) is 4.41. The number of carboxylic acids is 1. The lowest BCUT2D eigenvalue weighted by atomic mass is 10.4. The number of amides is 1. The van der Waals surface area contributed by atoms with Crippen LogP contribution in [0.4, 0.5) is 0 Å². The van der Waals surface area contributed by atoms with Crippen LogP contribution < -0.4 is 5.32 Å². The van der Waals surface area contributed by atoms with Gasteiger partial charge in [-0.1, -0.05) is 0 Å². The van der Waals surface area contributed by atoms with E-state index in [0.717, 1.165) is 17.3 Å². The van der Waals surface area contributed by atoms with Crippen LogP contribution in [0.25, 0.3) is 0 Å². The van der Waals surface area contributed by atoms with Gasteiger partial charge in [0.25, 0.3) is 0 Å². The Hall–Kier alpha value is -0.360. The molecule has 1 fully saturated rings. The van der Waals surface area contributed by atoms with Crippen LogP contribution in [0.15, 0.2) is 0 Å². The minimum absolute atomic E-state index is 0.363. The van der Waals surface area contributed by atoms with Gasteiger partial charge >= 0.3 is 11.9 Å². The van der Waals surface area contributed by atoms with E-state index in [1.54, 1.807) is 11.8 Å². The zero-order valence-electron chi connectivity index (χ0n) is 6.99. The number of carboxylic acid groups (broad SMARTS) is 1. The van der Waals surface area contributed by atoms with Crippen molar-refractivity contribution in [1.29, 1.82) is 0 Å². The van der Waals surface area contributed by atoms with E-state index < -0.39 is 11.9 Å². The summed E-state index contributed by atoms with van der Waals surface area (Å²) in [6.07, 6.45) is 0. The van der Waals surface area contributed by atoms with Gasteiger partial charge in [-0.3, -0.25) is 4.79 Å². The number of carbonyl (C=O) groups is 2. The fraction of sp³-hybridized carbons (Fsp3) is 0.714. The number of carbonyl (C=O) groups excluding carboxylic acids is 1. The first-order chi connectivity index (χ1) is 6.20. The van der Waals surface area contributed by atoms with Gasteiger partial charge in [0.05, 0.1) is 0 Å². The molecule has 1 rings (SSSR count). The van der Waals surface area contributed by atoms with Gasteiger partial charge < -0.3 is 10.4 Å². The van der Waals surface area contributed by atoms with E-state index in [1.807, 2.05) is 11.8 Å². The maximum absolute atomic E-state index is 10.7. The van der Waals surface area contributed by atoms with Crippen molar-refractivity contribution in [2.45, 2.75) is 5.25 Å². The maximum Gasteiger partial charge on any atom is 0.394 e. The van der Waals surface area contributed by atoms with Gasteiger partial charge in [0.2, 0.25) is 0 Å². The number of nitrogens with one attached hydrogen (secondary N) is 1. The van der Waals surface area contributed by atoms with Crippen molar-refractivity contribution in [3.8, 4) is 0 Å². The van der Waals surface area contributed by atoms with Crippen molar-refractivity contribution in [3.05, 3.63) is 0 Å². The molecule has 2 N–H and O–H groups in total. The molecule has 0 bridgehead atoms. The van der Waals surface area contributed by atoms with Crippen LogP contribution in [0.5, 0.6) is 0 Å². The van der Waals surface area contributed by atoms with Crippen LogP contribution >= 0.6 is 23.5 Å². The average Bonchev–Trinajstić information content (AvgIpc) is 2.15. The summed E-state index contributed by atoms with van der Waals surface area (Å²) in [4.78, 5) is 20.8. The molecule has 1 unspecified atom stereocenters. The van der Waals surface area contributed by atoms with E-state index in [-0.39, 0.29) is 0 Å². The third-order valence-electron chi connectivity index (χ3n) is 1.57. The summed E-state index contributed by atoms with van der Waals surface area (Å²) in [6.45, 7) is 0.461. The summed E-state index contributed by atoms with van der Waals surface area (Å²) in [6, 6.07) is 0. The molecule has 0 aromatic carbocycles. The molecule has 1 aliphatic rings. The van der Waals surface area contributed by atoms with E-state index in [0.29, 0.717) is 11.8 Å². The molecule has 0 radical (unpaired) electrons. The van der Waals surface area contributed by atoms with Gasteiger partial charge in [0.15, 0.2) is 0 Å². The summed E-state index contributed by atoms with van der Waals surface area (Å²) in [5.74, 6) is 0.904. The first-order valence-electron chi connectivity index (χ1n) is 3.90. The lowest BCUT2D eigenvalue weighted by Gasteiger charge is -2.20. The molecule has 0 aromatic heterocycles. The number of hydrogen-bond acceptors (Lipinski definition) is 4. The van der Waals surface area contributed by atoms with Crippen LogP contribution in [0.1, 0.15) is 0 Å². The summed E-state index contributed by atoms with van der Waals surface area (Å²) in [5.41, 5.74) is 0. The number of aliphatic carboxylic acids is 1. The predicted molar refractivity (Wildman–Crippen MR) is 54.2 cm³/mol. The molecular formula is C7H11NO3S2. The molecule has 0 saturated carbocycles. The molecular weight excluding hydrogens is 210 g/mol. The highest BCUT2D eigenvalue weighted by atomic mass is 32.2. The van der Waals surface area contributed by atoms with Crippen molar-refractivity contribution >= 4 is 35.4 Å². The lowest BCUT2D eigenvalue weighted by molar-refractivity contribution is -0.150. The van der Waals surface area contributed by atoms with Crippen LogP contribution in [-0.4, -0.2) is 46.0 Å². The molecule has 0 aromatic rings. The molecule has 1 heterocycles. The molecule has 1 aliphatic heterocycles. The normalized spacial score (nSPS) is 22.3. The number of hydrogen-bond donors (Lipinski definition) is 2. The third kappa shape index (κ3) is 3.91. The minimum atomic E-state index is -1.41. The van der Waals surface area contributed by atoms with Crippen LogP contribution in [0.2, 0.25) is 0 Å². The van der Waals surface area contributed by atoms with E-state index in [4.69, 9.17) is 5.11 Å². The molecule has 0 aliphatic carbocycles. The average molecular weight is 221 g/mol. The van der Waals surface area contributed by atoms with E-state index >= 15 is 0 Å². The van der Waals surface area contributed by atoms with Crippen LogP contribution in [0.3, 0.4) is 0 Å². The zero-order valence-corrected chi connectivity index (χ0v) is 8.62. The topological polar surface area (TPSA) is 66.4 Å². The second-order valence-corrected chi connectivity index (χ2v) is 5.14. The van der Waals surface area contributed by atoms with Crippen LogP contribution in [-0.2, 0) is 9.59 Å². The Labute approximate surface area is 84.8 Å². The smallest absolute Gasteiger partial charge is 0.394 e. The van der Waals surface area contributed by atoms with Crippen molar-refractivity contribution in [2.24, 2.45) is 0 Å². The van der Waals surface area contributed by atoms with Gasteiger partial charge in [0.1, 0.15) is 0 Å². The largest absolute Gasteiger partial charge is 0.474 e. The molecule has 6 heteroatoms. The molecule has 4 nitrogen and oxygen atoms in total. The number of thioether (sulfide) groups is 2. The number of rotatable bonds is 2. The fourth-order valence-corrected chi connectivity index (χ4v) is 3.55. The summed E-state index contributed by atoms with van der Waals surface area (Å²) in [5, 5.41) is 11.0. The molecule has 1 saturated heterocycles. The van der Waals surface area contributed by atoms with E-state index in [9.17, 15) is 9.59 Å². The van der Waals surface area contributed by atoms with Crippen molar-refractivity contribution in [3.63, 3.8) is 0 Å². The Morgan fingerprint density at radius 2 is 2.23 bits per heavy atom. The highest BCUT2D eigenvalue weighted by Crippen LogP contribution is 2.23. The summed E-state index contributed by atoms with van der Waals surface area (Å²) < 4.78 is 0. The first-order valence-corrected chi connectivity index (χ1v) is 6.11. The van der Waals surface area contributed by atoms with Gasteiger partial charge in [-0.25, -0.2) is 4.79 Å². The predicted octanol–water partition coefficient (Wildman–Crippen LogP) is 0.0358. The van der Waals surface area contributed by atoms with E-state index in [1.165, 1.54) is 0 Å². The summed E-state index contributed by atoms with van der Waals surface area (Å²) in [7, 11) is 0. The first kappa shape index (κ1) is 10.7. The van der Waals surface area contributed by atoms with Gasteiger partial charge in [-0.15, -0.1) is 0 Å². The van der Waals surface area contributed by atoms with Crippen LogP contribution in [0, 0.1) is 0 Å². The second-order valence-electron chi connectivity index (χ2n) is 2.58. The molecule has 1 atom stereocenters. The van der Waals surface area contributed by atoms with Gasteiger partial charge in [0, 0.05) is 29.1 Å². The van der Waals surface area contributed by atoms with E-state index in [2.05, 4.69) is 5.32 Å². The highest BCUT2D eigenvalue weighted by Gasteiger charge is 2.17. The quantitative estimate of drug-likeness (QED) is 0.644. The summed E-state index contributed by atoms with van der Waals surface area (Å²) >= 11 is 3.63. The Kier molecular flexibility index (Phi) is 4.44. The molecule has 74 valence electrons. The lowest BCUT2D eigenvalue weighted by Crippen LogP contribution is -2.37. The SMILES string of the molecule is O=C(O)C(=O)NCC1CSCCS1. The molecule has 0 spiro atoms. The van der Waals surface area contributed by atoms with Crippen molar-refractivity contribution < 1.29 is 14.7 Å². The fourth-order valence-electron chi connectivity index (χ4n) is 0.937.